The zero-order valence-electron chi connectivity index (χ0n) is 10.8. The van der Waals surface area contributed by atoms with Gasteiger partial charge < -0.3 is 0 Å². The molecule has 1 aromatic heterocycles. The molecule has 18 heavy (non-hydrogen) atoms. The van der Waals surface area contributed by atoms with Gasteiger partial charge in [-0.25, -0.2) is 13.1 Å². The lowest BCUT2D eigenvalue weighted by Gasteiger charge is -2.21. The molecule has 0 amide bonds. The Kier molecular flexibility index (Phi) is 4.40. The summed E-state index contributed by atoms with van der Waals surface area (Å²) in [5.74, 6) is 0.690. The Morgan fingerprint density at radius 3 is 2.72 bits per heavy atom. The molecule has 0 aromatic carbocycles. The van der Waals surface area contributed by atoms with E-state index in [2.05, 4.69) is 9.82 Å². The Balaban J connectivity index is 1.82. The molecule has 0 aliphatic heterocycles. The van der Waals surface area contributed by atoms with Crippen molar-refractivity contribution in [3.63, 3.8) is 0 Å². The Labute approximate surface area is 109 Å². The van der Waals surface area contributed by atoms with Crippen LogP contribution in [0, 0.1) is 5.92 Å². The maximum atomic E-state index is 11.9. The van der Waals surface area contributed by atoms with Gasteiger partial charge in [-0.2, -0.15) is 5.10 Å². The fraction of sp³-hybridized carbons (Fsp3) is 0.750. The van der Waals surface area contributed by atoms with Crippen molar-refractivity contribution in [1.29, 1.82) is 0 Å². The van der Waals surface area contributed by atoms with Crippen molar-refractivity contribution >= 4 is 10.0 Å². The molecule has 1 heterocycles. The first-order valence-corrected chi connectivity index (χ1v) is 8.04. The summed E-state index contributed by atoms with van der Waals surface area (Å²) < 4.78 is 28.0. The van der Waals surface area contributed by atoms with Crippen molar-refractivity contribution < 1.29 is 8.42 Å². The summed E-state index contributed by atoms with van der Waals surface area (Å²) >= 11 is 0. The number of hydrogen-bond acceptors (Lipinski definition) is 3. The van der Waals surface area contributed by atoms with E-state index in [0.717, 1.165) is 6.42 Å². The van der Waals surface area contributed by atoms with Crippen LogP contribution in [0.25, 0.3) is 0 Å². The van der Waals surface area contributed by atoms with E-state index in [1.807, 2.05) is 0 Å². The third-order valence-corrected chi connectivity index (χ3v) is 4.98. The van der Waals surface area contributed by atoms with Crippen molar-refractivity contribution in [2.24, 2.45) is 13.0 Å². The molecule has 1 N–H and O–H groups in total. The van der Waals surface area contributed by atoms with Crippen LogP contribution < -0.4 is 4.72 Å². The minimum Gasteiger partial charge on any atom is -0.274 e. The Hall–Kier alpha value is -0.880. The van der Waals surface area contributed by atoms with Gasteiger partial charge in [0, 0.05) is 19.8 Å². The summed E-state index contributed by atoms with van der Waals surface area (Å²) in [4.78, 5) is 0.244. The van der Waals surface area contributed by atoms with Crippen LogP contribution in [0.15, 0.2) is 17.3 Å². The molecule has 1 fully saturated rings. The van der Waals surface area contributed by atoms with Gasteiger partial charge in [-0.05, 0) is 12.3 Å². The van der Waals surface area contributed by atoms with Crippen molar-refractivity contribution in [2.45, 2.75) is 43.4 Å². The van der Waals surface area contributed by atoms with E-state index in [9.17, 15) is 8.42 Å². The van der Waals surface area contributed by atoms with E-state index in [0.29, 0.717) is 12.5 Å². The molecule has 0 spiro atoms. The van der Waals surface area contributed by atoms with Crippen LogP contribution in [0.1, 0.15) is 38.5 Å². The van der Waals surface area contributed by atoms with Crippen LogP contribution in [-0.2, 0) is 17.1 Å². The molecule has 1 aromatic rings. The summed E-state index contributed by atoms with van der Waals surface area (Å²) in [6.07, 6.45) is 10.2. The SMILES string of the molecule is Cn1cc(S(=O)(=O)NCCC2CCCCC2)cn1. The minimum atomic E-state index is -3.37. The fourth-order valence-electron chi connectivity index (χ4n) is 2.49. The molecule has 6 heteroatoms. The zero-order chi connectivity index (χ0) is 13.0. The van der Waals surface area contributed by atoms with E-state index in [-0.39, 0.29) is 4.90 Å². The average Bonchev–Trinajstić information content (AvgIpc) is 2.78. The van der Waals surface area contributed by atoms with Crippen LogP contribution in [0.2, 0.25) is 0 Å². The molecule has 0 atom stereocenters. The summed E-state index contributed by atoms with van der Waals surface area (Å²) in [5, 5.41) is 3.88. The van der Waals surface area contributed by atoms with Crippen molar-refractivity contribution in [1.82, 2.24) is 14.5 Å². The van der Waals surface area contributed by atoms with E-state index >= 15 is 0 Å². The van der Waals surface area contributed by atoms with Gasteiger partial charge in [-0.1, -0.05) is 32.1 Å². The lowest BCUT2D eigenvalue weighted by atomic mass is 9.87. The van der Waals surface area contributed by atoms with Crippen LogP contribution >= 0.6 is 0 Å². The largest absolute Gasteiger partial charge is 0.274 e. The van der Waals surface area contributed by atoms with Gasteiger partial charge >= 0.3 is 0 Å². The second-order valence-electron chi connectivity index (χ2n) is 5.04. The minimum absolute atomic E-state index is 0.244. The van der Waals surface area contributed by atoms with Gasteiger partial charge in [0.2, 0.25) is 10.0 Å². The van der Waals surface area contributed by atoms with Gasteiger partial charge in [0.25, 0.3) is 0 Å². The Morgan fingerprint density at radius 1 is 1.39 bits per heavy atom. The summed E-state index contributed by atoms with van der Waals surface area (Å²) in [6.45, 7) is 0.530. The third kappa shape index (κ3) is 3.55. The number of aromatic nitrogens is 2. The Bertz CT molecular complexity index is 475. The highest BCUT2D eigenvalue weighted by atomic mass is 32.2. The number of hydrogen-bond donors (Lipinski definition) is 1. The lowest BCUT2D eigenvalue weighted by Crippen LogP contribution is -2.26. The van der Waals surface area contributed by atoms with Crippen LogP contribution in [0.5, 0.6) is 0 Å². The van der Waals surface area contributed by atoms with Gasteiger partial charge in [0.05, 0.1) is 6.20 Å². The van der Waals surface area contributed by atoms with E-state index in [1.165, 1.54) is 49.2 Å². The van der Waals surface area contributed by atoms with Gasteiger partial charge in [0.15, 0.2) is 0 Å². The predicted octanol–water partition coefficient (Wildman–Crippen LogP) is 1.67. The first kappa shape index (κ1) is 13.5. The molecule has 1 aliphatic carbocycles. The molecular weight excluding hydrogens is 250 g/mol. The number of nitrogens with one attached hydrogen (secondary N) is 1. The van der Waals surface area contributed by atoms with E-state index < -0.39 is 10.0 Å². The summed E-state index contributed by atoms with van der Waals surface area (Å²) in [5.41, 5.74) is 0. The highest BCUT2D eigenvalue weighted by molar-refractivity contribution is 7.89. The zero-order valence-corrected chi connectivity index (χ0v) is 11.6. The van der Waals surface area contributed by atoms with Crippen molar-refractivity contribution in [2.75, 3.05) is 6.54 Å². The highest BCUT2D eigenvalue weighted by Crippen LogP contribution is 2.25. The smallest absolute Gasteiger partial charge is 0.243 e. The maximum absolute atomic E-state index is 11.9. The number of nitrogens with zero attached hydrogens (tertiary/aromatic N) is 2. The molecule has 0 radical (unpaired) electrons. The third-order valence-electron chi connectivity index (χ3n) is 3.56. The van der Waals surface area contributed by atoms with Crippen LogP contribution in [0.3, 0.4) is 0 Å². The molecule has 0 bridgehead atoms. The molecular formula is C12H21N3O2S. The number of aryl methyl sites for hydroxylation is 1. The van der Waals surface area contributed by atoms with E-state index in [1.54, 1.807) is 7.05 Å². The summed E-state index contributed by atoms with van der Waals surface area (Å²) in [7, 11) is -1.66. The predicted molar refractivity (Wildman–Crippen MR) is 69.6 cm³/mol. The first-order valence-electron chi connectivity index (χ1n) is 6.56. The monoisotopic (exact) mass is 271 g/mol. The average molecular weight is 271 g/mol. The number of rotatable bonds is 5. The van der Waals surface area contributed by atoms with Crippen molar-refractivity contribution in [3.05, 3.63) is 12.4 Å². The van der Waals surface area contributed by atoms with Gasteiger partial charge in [-0.3, -0.25) is 4.68 Å². The second-order valence-corrected chi connectivity index (χ2v) is 6.81. The van der Waals surface area contributed by atoms with Crippen molar-refractivity contribution in [3.8, 4) is 0 Å². The molecule has 1 aliphatic rings. The fourth-order valence-corrected chi connectivity index (χ4v) is 3.52. The molecule has 5 nitrogen and oxygen atoms in total. The topological polar surface area (TPSA) is 64.0 Å². The first-order chi connectivity index (χ1) is 8.58. The van der Waals surface area contributed by atoms with Crippen LogP contribution in [-0.4, -0.2) is 24.7 Å². The van der Waals surface area contributed by atoms with Gasteiger partial charge in [-0.15, -0.1) is 0 Å². The molecule has 0 saturated heterocycles. The number of sulfonamides is 1. The quantitative estimate of drug-likeness (QED) is 0.886. The molecule has 2 rings (SSSR count). The highest BCUT2D eigenvalue weighted by Gasteiger charge is 2.17. The second kappa shape index (κ2) is 5.84. The maximum Gasteiger partial charge on any atom is 0.243 e. The molecule has 102 valence electrons. The normalized spacial score (nSPS) is 18.1. The summed E-state index contributed by atoms with van der Waals surface area (Å²) in [6, 6.07) is 0. The standard InChI is InChI=1S/C12H21N3O2S/c1-15-10-12(9-13-15)18(16,17)14-8-7-11-5-3-2-4-6-11/h9-11,14H,2-8H2,1H3. The Morgan fingerprint density at radius 2 is 2.11 bits per heavy atom. The lowest BCUT2D eigenvalue weighted by molar-refractivity contribution is 0.339. The molecule has 1 saturated carbocycles. The molecule has 0 unspecified atom stereocenters. The van der Waals surface area contributed by atoms with E-state index in [4.69, 9.17) is 0 Å². The van der Waals surface area contributed by atoms with Crippen LogP contribution in [0.4, 0.5) is 0 Å². The van der Waals surface area contributed by atoms with Gasteiger partial charge in [0.1, 0.15) is 4.90 Å².